The van der Waals surface area contributed by atoms with E-state index in [-0.39, 0.29) is 11.8 Å². The van der Waals surface area contributed by atoms with Crippen LogP contribution >= 0.6 is 0 Å². The molecule has 6 nitrogen and oxygen atoms in total. The average Bonchev–Trinajstić information content (AvgIpc) is 2.58. The second-order valence-corrected chi connectivity index (χ2v) is 4.43. The van der Waals surface area contributed by atoms with Gasteiger partial charge in [0, 0.05) is 5.56 Å². The monoisotopic (exact) mass is 289 g/mol. The third-order valence-corrected chi connectivity index (χ3v) is 2.92. The van der Waals surface area contributed by atoms with E-state index in [4.69, 9.17) is 15.7 Å². The van der Waals surface area contributed by atoms with Gasteiger partial charge in [-0.3, -0.25) is 0 Å². The van der Waals surface area contributed by atoms with E-state index in [9.17, 15) is 0 Å². The van der Waals surface area contributed by atoms with Crippen molar-refractivity contribution in [1.82, 2.24) is 15.2 Å². The van der Waals surface area contributed by atoms with Crippen molar-refractivity contribution >= 4 is 5.95 Å². The Morgan fingerprint density at radius 2 is 1.68 bits per heavy atom. The predicted molar refractivity (Wildman–Crippen MR) is 80.9 cm³/mol. The first-order valence-electron chi connectivity index (χ1n) is 6.50. The number of hydrogen-bond acceptors (Lipinski definition) is 6. The van der Waals surface area contributed by atoms with Gasteiger partial charge in [0.25, 0.3) is 5.88 Å². The first-order valence-corrected chi connectivity index (χ1v) is 6.50. The highest BCUT2D eigenvalue weighted by atomic mass is 16.5. The maximum atomic E-state index is 8.80. The number of nitrogen functional groups attached to an aromatic ring is 1. The van der Waals surface area contributed by atoms with E-state index in [1.165, 1.54) is 0 Å². The summed E-state index contributed by atoms with van der Waals surface area (Å²) in [5.41, 5.74) is 7.51. The van der Waals surface area contributed by atoms with Crippen LogP contribution in [0.5, 0.6) is 11.6 Å². The number of hydrogen-bond donors (Lipinski definition) is 1. The fraction of sp³-hybridized carbons (Fsp3) is 0. The fourth-order valence-electron chi connectivity index (χ4n) is 1.89. The first kappa shape index (κ1) is 13.5. The van der Waals surface area contributed by atoms with Crippen molar-refractivity contribution in [3.05, 3.63) is 60.2 Å². The summed E-state index contributed by atoms with van der Waals surface area (Å²) in [6, 6.07) is 18.2. The van der Waals surface area contributed by atoms with E-state index in [1.807, 2.05) is 30.3 Å². The molecule has 22 heavy (non-hydrogen) atoms. The molecule has 3 rings (SSSR count). The number of benzene rings is 2. The second kappa shape index (κ2) is 5.89. The molecule has 106 valence electrons. The van der Waals surface area contributed by atoms with Crippen LogP contribution in [0.3, 0.4) is 0 Å². The molecule has 2 N–H and O–H groups in total. The molecule has 1 aromatic heterocycles. The molecular formula is C16H11N5O. The van der Waals surface area contributed by atoms with Crippen LogP contribution in [-0.4, -0.2) is 15.2 Å². The van der Waals surface area contributed by atoms with Gasteiger partial charge < -0.3 is 10.5 Å². The van der Waals surface area contributed by atoms with Crippen LogP contribution in [0.4, 0.5) is 5.95 Å². The van der Waals surface area contributed by atoms with E-state index in [0.717, 1.165) is 5.56 Å². The van der Waals surface area contributed by atoms with Crippen LogP contribution < -0.4 is 10.5 Å². The molecule has 0 saturated carbocycles. The molecule has 1 heterocycles. The van der Waals surface area contributed by atoms with Crippen molar-refractivity contribution in [2.45, 2.75) is 0 Å². The Hall–Kier alpha value is -3.46. The Morgan fingerprint density at radius 1 is 0.955 bits per heavy atom. The van der Waals surface area contributed by atoms with E-state index >= 15 is 0 Å². The number of nitrogens with zero attached hydrogens (tertiary/aromatic N) is 4. The molecule has 2 aromatic carbocycles. The Balaban J connectivity index is 1.98. The normalized spacial score (nSPS) is 9.95. The van der Waals surface area contributed by atoms with E-state index in [0.29, 0.717) is 17.0 Å². The molecule has 6 heteroatoms. The van der Waals surface area contributed by atoms with Gasteiger partial charge >= 0.3 is 0 Å². The third kappa shape index (κ3) is 2.83. The summed E-state index contributed by atoms with van der Waals surface area (Å²) >= 11 is 0. The Bertz CT molecular complexity index is 825. The summed E-state index contributed by atoms with van der Waals surface area (Å²) in [6.45, 7) is 0. The minimum Gasteiger partial charge on any atom is -0.436 e. The van der Waals surface area contributed by atoms with Gasteiger partial charge in [-0.1, -0.05) is 30.3 Å². The van der Waals surface area contributed by atoms with Gasteiger partial charge in [0.15, 0.2) is 0 Å². The number of ether oxygens (including phenoxy) is 1. The Morgan fingerprint density at radius 3 is 2.36 bits per heavy atom. The van der Waals surface area contributed by atoms with Crippen molar-refractivity contribution in [2.75, 3.05) is 5.73 Å². The fourth-order valence-corrected chi connectivity index (χ4v) is 1.89. The number of nitrogens with two attached hydrogens (primary N) is 1. The summed E-state index contributed by atoms with van der Waals surface area (Å²) in [4.78, 5) is 4.20. The lowest BCUT2D eigenvalue weighted by molar-refractivity contribution is 0.454. The molecule has 3 aromatic rings. The minimum absolute atomic E-state index is 0.0750. The van der Waals surface area contributed by atoms with Gasteiger partial charge in [-0.2, -0.15) is 5.26 Å². The summed E-state index contributed by atoms with van der Waals surface area (Å²) in [6.07, 6.45) is 0. The molecule has 0 bridgehead atoms. The van der Waals surface area contributed by atoms with Crippen LogP contribution in [0.1, 0.15) is 5.56 Å². The zero-order valence-corrected chi connectivity index (χ0v) is 11.5. The molecule has 0 atom stereocenters. The summed E-state index contributed by atoms with van der Waals surface area (Å²) in [5, 5.41) is 16.5. The standard InChI is InChI=1S/C16H11N5O/c17-10-11-6-8-13(9-7-11)22-15-14(19-16(18)21-20-15)12-4-2-1-3-5-12/h1-9H,(H2,18,19,21). The molecule has 0 amide bonds. The van der Waals surface area contributed by atoms with Crippen LogP contribution in [0.25, 0.3) is 11.3 Å². The number of anilines is 1. The zero-order valence-electron chi connectivity index (χ0n) is 11.5. The molecule has 0 fully saturated rings. The molecule has 0 aliphatic carbocycles. The second-order valence-electron chi connectivity index (χ2n) is 4.43. The van der Waals surface area contributed by atoms with Gasteiger partial charge in [0.1, 0.15) is 11.4 Å². The van der Waals surface area contributed by atoms with E-state index in [1.54, 1.807) is 24.3 Å². The maximum absolute atomic E-state index is 8.80. The van der Waals surface area contributed by atoms with Crippen LogP contribution in [0.15, 0.2) is 54.6 Å². The van der Waals surface area contributed by atoms with Crippen molar-refractivity contribution in [3.8, 4) is 29.0 Å². The Labute approximate surface area is 126 Å². The lowest BCUT2D eigenvalue weighted by atomic mass is 10.1. The molecule has 0 aliphatic heterocycles. The lowest BCUT2D eigenvalue weighted by Crippen LogP contribution is -2.02. The summed E-state index contributed by atoms with van der Waals surface area (Å²) in [7, 11) is 0. The SMILES string of the molecule is N#Cc1ccc(Oc2nnc(N)nc2-c2ccccc2)cc1. The first-order chi connectivity index (χ1) is 10.8. The minimum atomic E-state index is 0.0750. The maximum Gasteiger partial charge on any atom is 0.265 e. The molecule has 0 unspecified atom stereocenters. The lowest BCUT2D eigenvalue weighted by Gasteiger charge is -2.09. The largest absolute Gasteiger partial charge is 0.436 e. The Kier molecular flexibility index (Phi) is 3.62. The van der Waals surface area contributed by atoms with Gasteiger partial charge in [-0.15, -0.1) is 10.2 Å². The number of rotatable bonds is 3. The average molecular weight is 289 g/mol. The van der Waals surface area contributed by atoms with E-state index in [2.05, 4.69) is 21.3 Å². The predicted octanol–water partition coefficient (Wildman–Crippen LogP) is 2.78. The molecule has 0 radical (unpaired) electrons. The molecule has 0 spiro atoms. The van der Waals surface area contributed by atoms with Gasteiger partial charge in [-0.25, -0.2) is 4.98 Å². The van der Waals surface area contributed by atoms with Crippen molar-refractivity contribution in [2.24, 2.45) is 0 Å². The molecule has 0 saturated heterocycles. The van der Waals surface area contributed by atoms with Crippen LogP contribution in [0, 0.1) is 11.3 Å². The van der Waals surface area contributed by atoms with Crippen LogP contribution in [0.2, 0.25) is 0 Å². The highest BCUT2D eigenvalue weighted by molar-refractivity contribution is 5.65. The van der Waals surface area contributed by atoms with Gasteiger partial charge in [0.2, 0.25) is 5.95 Å². The summed E-state index contributed by atoms with van der Waals surface area (Å²) in [5.74, 6) is 0.869. The highest BCUT2D eigenvalue weighted by Crippen LogP contribution is 2.29. The van der Waals surface area contributed by atoms with E-state index < -0.39 is 0 Å². The topological polar surface area (TPSA) is 97.7 Å². The number of nitriles is 1. The van der Waals surface area contributed by atoms with Crippen LogP contribution in [-0.2, 0) is 0 Å². The van der Waals surface area contributed by atoms with Crippen molar-refractivity contribution in [3.63, 3.8) is 0 Å². The zero-order chi connectivity index (χ0) is 15.4. The van der Waals surface area contributed by atoms with Crippen molar-refractivity contribution < 1.29 is 4.74 Å². The number of aromatic nitrogens is 3. The third-order valence-electron chi connectivity index (χ3n) is 2.92. The summed E-state index contributed by atoms with van der Waals surface area (Å²) < 4.78 is 5.72. The van der Waals surface area contributed by atoms with Crippen molar-refractivity contribution in [1.29, 1.82) is 5.26 Å². The smallest absolute Gasteiger partial charge is 0.265 e. The highest BCUT2D eigenvalue weighted by Gasteiger charge is 2.12. The quantitative estimate of drug-likeness (QED) is 0.796. The van der Waals surface area contributed by atoms with Gasteiger partial charge in [0.05, 0.1) is 11.6 Å². The van der Waals surface area contributed by atoms with Gasteiger partial charge in [-0.05, 0) is 24.3 Å². The molecular weight excluding hydrogens is 278 g/mol. The molecule has 0 aliphatic rings.